The van der Waals surface area contributed by atoms with Crippen molar-refractivity contribution < 1.29 is 46.4 Å². The molecule has 1 aliphatic carbocycles. The van der Waals surface area contributed by atoms with E-state index in [4.69, 9.17) is 14.2 Å². The molecule has 2 fully saturated rings. The number of alkyl carbamates (subject to hydrolysis) is 1. The Morgan fingerprint density at radius 2 is 1.86 bits per heavy atom. The van der Waals surface area contributed by atoms with Gasteiger partial charge in [-0.25, -0.2) is 22.0 Å². The van der Waals surface area contributed by atoms with Gasteiger partial charge in [0.1, 0.15) is 17.7 Å². The van der Waals surface area contributed by atoms with Gasteiger partial charge in [-0.3, -0.25) is 0 Å². The topological polar surface area (TPSA) is 135 Å². The summed E-state index contributed by atoms with van der Waals surface area (Å²) in [5, 5.41) is 24.2. The molecule has 0 unspecified atom stereocenters. The molecule has 5 rings (SSSR count). The van der Waals surface area contributed by atoms with Crippen molar-refractivity contribution in [3.63, 3.8) is 0 Å². The fourth-order valence-electron chi connectivity index (χ4n) is 6.03. The zero-order valence-electron chi connectivity index (χ0n) is 24.1. The zero-order chi connectivity index (χ0) is 30.9. The molecule has 13 heteroatoms. The summed E-state index contributed by atoms with van der Waals surface area (Å²) in [5.74, 6) is -1.90. The Balaban J connectivity index is 1.37. The van der Waals surface area contributed by atoms with Crippen molar-refractivity contribution in [1.29, 1.82) is 0 Å². The van der Waals surface area contributed by atoms with Crippen LogP contribution >= 0.6 is 0 Å². The molecular formula is C30H38F2N2O8S. The molecule has 2 aromatic carbocycles. The molecule has 10 nitrogen and oxygen atoms in total. The summed E-state index contributed by atoms with van der Waals surface area (Å²) < 4.78 is 73.4. The van der Waals surface area contributed by atoms with Crippen molar-refractivity contribution in [3.05, 3.63) is 64.7 Å². The van der Waals surface area contributed by atoms with Gasteiger partial charge < -0.3 is 29.7 Å². The molecule has 0 spiro atoms. The van der Waals surface area contributed by atoms with Crippen LogP contribution in [0, 0.1) is 23.5 Å². The number of nitrogens with zero attached hydrogens (tertiary/aromatic N) is 1. The minimum Gasteiger partial charge on any atom is -0.443 e. The standard InChI is InChI=1S/C30H38F2N2O8S/c1-17(2)14-34(43(38,39)22-4-5-23-19(12-22)3-6-26(23)35)15-27(36)25(11-18-9-20(31)13-21(32)10-18)33-30(37)42-28-16-41-29-24(28)7-8-40-29/h4-5,9-10,12-13,17,24-29,35-36H,3,6-8,11,14-16H2,1-2H3,(H,33,37)/t24-,25-,26+,27+,28-,29+/m0/s1. The van der Waals surface area contributed by atoms with Crippen molar-refractivity contribution in [2.75, 3.05) is 26.3 Å². The fraction of sp³-hybridized carbons (Fsp3) is 0.567. The summed E-state index contributed by atoms with van der Waals surface area (Å²) in [7, 11) is -4.11. The lowest BCUT2D eigenvalue weighted by Crippen LogP contribution is -2.51. The van der Waals surface area contributed by atoms with Gasteiger partial charge in [0, 0.05) is 19.2 Å². The molecule has 0 aromatic heterocycles. The Morgan fingerprint density at radius 1 is 1.12 bits per heavy atom. The second-order valence-electron chi connectivity index (χ2n) is 11.9. The summed E-state index contributed by atoms with van der Waals surface area (Å²) >= 11 is 0. The number of carbonyl (C=O) groups is 1. The van der Waals surface area contributed by atoms with Gasteiger partial charge in [-0.15, -0.1) is 0 Å². The number of ether oxygens (including phenoxy) is 3. The number of hydrogen-bond donors (Lipinski definition) is 3. The fourth-order valence-corrected chi connectivity index (χ4v) is 7.70. The van der Waals surface area contributed by atoms with Crippen molar-refractivity contribution in [2.45, 2.75) is 75.1 Å². The van der Waals surface area contributed by atoms with Crippen LogP contribution in [0.15, 0.2) is 41.3 Å². The lowest BCUT2D eigenvalue weighted by molar-refractivity contribution is -0.0907. The number of halogens is 2. The van der Waals surface area contributed by atoms with E-state index in [0.717, 1.165) is 22.0 Å². The Hall–Kier alpha value is -2.68. The van der Waals surface area contributed by atoms with Crippen LogP contribution in [0.4, 0.5) is 13.6 Å². The summed E-state index contributed by atoms with van der Waals surface area (Å²) in [5.41, 5.74) is 1.60. The number of aliphatic hydroxyl groups is 2. The summed E-state index contributed by atoms with van der Waals surface area (Å²) in [6.45, 7) is 3.94. The van der Waals surface area contributed by atoms with E-state index in [0.29, 0.717) is 37.5 Å². The molecular weight excluding hydrogens is 586 g/mol. The number of sulfonamides is 1. The third-order valence-corrected chi connectivity index (χ3v) is 9.97. The second kappa shape index (κ2) is 13.1. The summed E-state index contributed by atoms with van der Waals surface area (Å²) in [6.07, 6.45) is -2.51. The molecule has 236 valence electrons. The molecule has 2 aromatic rings. The van der Waals surface area contributed by atoms with E-state index < -0.39 is 64.9 Å². The van der Waals surface area contributed by atoms with Crippen LogP contribution < -0.4 is 5.32 Å². The quantitative estimate of drug-likeness (QED) is 0.348. The monoisotopic (exact) mass is 624 g/mol. The Labute approximate surface area is 250 Å². The first kappa shape index (κ1) is 31.7. The lowest BCUT2D eigenvalue weighted by Gasteiger charge is -2.31. The number of hydrogen-bond acceptors (Lipinski definition) is 8. The number of benzene rings is 2. The molecule has 0 bridgehead atoms. The maximum absolute atomic E-state index is 14.0. The Morgan fingerprint density at radius 3 is 2.58 bits per heavy atom. The molecule has 1 amide bonds. The Bertz CT molecular complexity index is 1400. The van der Waals surface area contributed by atoms with Gasteiger partial charge in [0.15, 0.2) is 6.29 Å². The van der Waals surface area contributed by atoms with Crippen molar-refractivity contribution in [3.8, 4) is 0 Å². The van der Waals surface area contributed by atoms with Gasteiger partial charge in [-0.05, 0) is 72.6 Å². The van der Waals surface area contributed by atoms with Gasteiger partial charge in [0.05, 0.1) is 42.3 Å². The van der Waals surface area contributed by atoms with Gasteiger partial charge in [-0.2, -0.15) is 4.31 Å². The zero-order valence-corrected chi connectivity index (χ0v) is 24.9. The molecule has 2 saturated heterocycles. The van der Waals surface area contributed by atoms with Gasteiger partial charge in [0.25, 0.3) is 0 Å². The maximum Gasteiger partial charge on any atom is 0.407 e. The molecule has 0 radical (unpaired) electrons. The summed E-state index contributed by atoms with van der Waals surface area (Å²) in [6, 6.07) is 6.32. The molecule has 2 heterocycles. The minimum absolute atomic E-state index is 0.0268. The van der Waals surface area contributed by atoms with Gasteiger partial charge >= 0.3 is 6.09 Å². The molecule has 3 aliphatic rings. The summed E-state index contributed by atoms with van der Waals surface area (Å²) in [4.78, 5) is 13.0. The highest BCUT2D eigenvalue weighted by atomic mass is 32.2. The van der Waals surface area contributed by atoms with E-state index >= 15 is 0 Å². The van der Waals surface area contributed by atoms with E-state index in [9.17, 15) is 32.2 Å². The lowest BCUT2D eigenvalue weighted by atomic mass is 10.0. The van der Waals surface area contributed by atoms with Crippen LogP contribution in [-0.2, 0) is 37.1 Å². The van der Waals surface area contributed by atoms with E-state index in [1.54, 1.807) is 12.1 Å². The third-order valence-electron chi connectivity index (χ3n) is 8.15. The van der Waals surface area contributed by atoms with E-state index in [1.165, 1.54) is 6.07 Å². The highest BCUT2D eigenvalue weighted by Gasteiger charge is 2.44. The first-order chi connectivity index (χ1) is 20.4. The van der Waals surface area contributed by atoms with Crippen LogP contribution in [0.2, 0.25) is 0 Å². The van der Waals surface area contributed by atoms with Crippen molar-refractivity contribution in [2.24, 2.45) is 11.8 Å². The van der Waals surface area contributed by atoms with E-state index in [2.05, 4.69) is 5.32 Å². The molecule has 0 saturated carbocycles. The Kier molecular flexibility index (Phi) is 9.69. The normalized spacial score (nSPS) is 24.7. The molecule has 6 atom stereocenters. The van der Waals surface area contributed by atoms with Crippen LogP contribution in [0.5, 0.6) is 0 Å². The van der Waals surface area contributed by atoms with Crippen LogP contribution in [0.25, 0.3) is 0 Å². The highest BCUT2D eigenvalue weighted by Crippen LogP contribution is 2.34. The molecule has 3 N–H and O–H groups in total. The average molecular weight is 625 g/mol. The van der Waals surface area contributed by atoms with Crippen molar-refractivity contribution >= 4 is 16.1 Å². The number of amides is 1. The third kappa shape index (κ3) is 7.35. The number of rotatable bonds is 11. The maximum atomic E-state index is 14.0. The number of carbonyl (C=O) groups excluding carboxylic acids is 1. The average Bonchev–Trinajstić information content (AvgIpc) is 3.64. The minimum atomic E-state index is -4.11. The van der Waals surface area contributed by atoms with Gasteiger partial charge in [-0.1, -0.05) is 19.9 Å². The van der Waals surface area contributed by atoms with Crippen LogP contribution in [-0.4, -0.2) is 79.9 Å². The first-order valence-corrected chi connectivity index (χ1v) is 16.0. The van der Waals surface area contributed by atoms with Gasteiger partial charge in [0.2, 0.25) is 10.0 Å². The second-order valence-corrected chi connectivity index (χ2v) is 13.8. The van der Waals surface area contributed by atoms with E-state index in [1.807, 2.05) is 13.8 Å². The number of fused-ring (bicyclic) bond motifs is 2. The van der Waals surface area contributed by atoms with E-state index in [-0.39, 0.29) is 41.9 Å². The number of aryl methyl sites for hydroxylation is 1. The van der Waals surface area contributed by atoms with Crippen LogP contribution in [0.3, 0.4) is 0 Å². The predicted octanol–water partition coefficient (Wildman–Crippen LogP) is 3.05. The molecule has 43 heavy (non-hydrogen) atoms. The van der Waals surface area contributed by atoms with Crippen molar-refractivity contribution in [1.82, 2.24) is 9.62 Å². The number of nitrogens with one attached hydrogen (secondary N) is 1. The molecule has 2 aliphatic heterocycles. The number of aliphatic hydroxyl groups excluding tert-OH is 2. The van der Waals surface area contributed by atoms with Crippen LogP contribution in [0.1, 0.15) is 49.5 Å². The SMILES string of the molecule is CC(C)CN(C[C@@H](O)[C@H](Cc1cc(F)cc(F)c1)NC(=O)O[C@H]1CO[C@H]2OCC[C@H]21)S(=O)(=O)c1ccc2c(c1)CC[C@H]2O. The highest BCUT2D eigenvalue weighted by molar-refractivity contribution is 7.89. The smallest absolute Gasteiger partial charge is 0.407 e. The predicted molar refractivity (Wildman–Crippen MR) is 150 cm³/mol. The largest absolute Gasteiger partial charge is 0.443 e. The first-order valence-electron chi connectivity index (χ1n) is 14.5.